The molecule has 3 nitrogen and oxygen atoms in total. The topological polar surface area (TPSA) is 64.4 Å². The van der Waals surface area contributed by atoms with Gasteiger partial charge in [0.1, 0.15) is 0 Å². The van der Waals surface area contributed by atoms with Gasteiger partial charge in [-0.1, -0.05) is 22.5 Å². The van der Waals surface area contributed by atoms with Gasteiger partial charge < -0.3 is 11.5 Å². The minimum absolute atomic E-state index is 0.0885. The lowest BCUT2D eigenvalue weighted by molar-refractivity contribution is 1.21. The summed E-state index contributed by atoms with van der Waals surface area (Å²) in [6.45, 7) is 3.97. The highest BCUT2D eigenvalue weighted by atomic mass is 79.9. The van der Waals surface area contributed by atoms with E-state index in [2.05, 4.69) is 27.5 Å². The predicted octanol–water partition coefficient (Wildman–Crippen LogP) is 0.168. The number of guanidine groups is 1. The van der Waals surface area contributed by atoms with Gasteiger partial charge in [-0.2, -0.15) is 0 Å². The molecule has 4 N–H and O–H groups in total. The van der Waals surface area contributed by atoms with Gasteiger partial charge in [0.2, 0.25) is 0 Å². The number of nitrogens with zero attached hydrogens (tertiary/aromatic N) is 1. The van der Waals surface area contributed by atoms with Crippen molar-refractivity contribution in [3.8, 4) is 0 Å². The van der Waals surface area contributed by atoms with Crippen LogP contribution in [-0.2, 0) is 0 Å². The zero-order valence-corrected chi connectivity index (χ0v) is 5.98. The highest BCUT2D eigenvalue weighted by Gasteiger charge is 1.81. The normalized spacial score (nSPS) is 8.12. The van der Waals surface area contributed by atoms with Crippen molar-refractivity contribution < 1.29 is 0 Å². The van der Waals surface area contributed by atoms with Crippen LogP contribution in [0.2, 0.25) is 0 Å². The summed E-state index contributed by atoms with van der Waals surface area (Å²) < 4.78 is 0.769. The van der Waals surface area contributed by atoms with Crippen LogP contribution < -0.4 is 11.5 Å². The van der Waals surface area contributed by atoms with Gasteiger partial charge in [0.15, 0.2) is 5.96 Å². The molecule has 0 aromatic carbocycles. The number of rotatable bonds is 2. The van der Waals surface area contributed by atoms with E-state index in [9.17, 15) is 0 Å². The Labute approximate surface area is 56.6 Å². The molecule has 0 unspecified atom stereocenters. The summed E-state index contributed by atoms with van der Waals surface area (Å²) in [5, 5.41) is 0. The van der Waals surface area contributed by atoms with Gasteiger partial charge in [0.25, 0.3) is 0 Å². The first-order chi connectivity index (χ1) is 3.63. The maximum Gasteiger partial charge on any atom is 0.186 e. The summed E-state index contributed by atoms with van der Waals surface area (Å²) in [4.78, 5) is 3.65. The second-order valence-corrected chi connectivity index (χ2v) is 2.38. The molecule has 0 saturated carbocycles. The number of aliphatic imine (C=N–C) groups is 1. The zero-order chi connectivity index (χ0) is 6.57. The average Bonchev–Trinajstić information content (AvgIpc) is 1.61. The first kappa shape index (κ1) is 7.49. The Kier molecular flexibility index (Phi) is 3.26. The molecule has 46 valence electrons. The molecule has 0 saturated heterocycles. The van der Waals surface area contributed by atoms with Crippen LogP contribution in [0.3, 0.4) is 0 Å². The third kappa shape index (κ3) is 5.49. The Hall–Kier alpha value is -0.510. The minimum atomic E-state index is 0.0885. The lowest BCUT2D eigenvalue weighted by atomic mass is 10.6. The highest BCUT2D eigenvalue weighted by molar-refractivity contribution is 9.11. The quantitative estimate of drug-likeness (QED) is 0.467. The predicted molar refractivity (Wildman–Crippen MR) is 38.7 cm³/mol. The second kappa shape index (κ2) is 3.49. The summed E-state index contributed by atoms with van der Waals surface area (Å²) in [6, 6.07) is 0. The van der Waals surface area contributed by atoms with Crippen LogP contribution in [0, 0.1) is 0 Å². The molecule has 0 aromatic heterocycles. The van der Waals surface area contributed by atoms with Crippen LogP contribution in [-0.4, -0.2) is 12.5 Å². The molecule has 0 aliphatic carbocycles. The molecule has 0 aromatic rings. The van der Waals surface area contributed by atoms with Crippen LogP contribution in [0.25, 0.3) is 0 Å². The van der Waals surface area contributed by atoms with Crippen molar-refractivity contribution in [2.24, 2.45) is 16.5 Å². The smallest absolute Gasteiger partial charge is 0.186 e. The second-order valence-electron chi connectivity index (χ2n) is 1.26. The molecule has 0 aliphatic heterocycles. The molecule has 0 bridgehead atoms. The van der Waals surface area contributed by atoms with Crippen molar-refractivity contribution in [2.75, 3.05) is 6.54 Å². The molecule has 0 fully saturated rings. The zero-order valence-electron chi connectivity index (χ0n) is 4.39. The van der Waals surface area contributed by atoms with E-state index in [0.717, 1.165) is 4.48 Å². The van der Waals surface area contributed by atoms with E-state index in [0.29, 0.717) is 6.54 Å². The lowest BCUT2D eigenvalue weighted by Gasteiger charge is -1.89. The number of hydrogen-bond donors (Lipinski definition) is 2. The van der Waals surface area contributed by atoms with Crippen molar-refractivity contribution in [1.29, 1.82) is 0 Å². The summed E-state index contributed by atoms with van der Waals surface area (Å²) in [6.07, 6.45) is 0. The number of nitrogens with two attached hydrogens (primary N) is 2. The molecule has 0 rings (SSSR count). The van der Waals surface area contributed by atoms with E-state index < -0.39 is 0 Å². The Morgan fingerprint density at radius 3 is 2.25 bits per heavy atom. The molecular weight excluding hydrogens is 170 g/mol. The lowest BCUT2D eigenvalue weighted by Crippen LogP contribution is -2.22. The van der Waals surface area contributed by atoms with Gasteiger partial charge in [-0.25, -0.2) is 4.99 Å². The third-order valence-electron chi connectivity index (χ3n) is 0.433. The molecule has 4 heteroatoms. The van der Waals surface area contributed by atoms with Crippen LogP contribution in [0.15, 0.2) is 16.1 Å². The van der Waals surface area contributed by atoms with E-state index in [1.807, 2.05) is 0 Å². The Bertz CT molecular complexity index is 114. The molecule has 8 heavy (non-hydrogen) atoms. The number of halogens is 1. The summed E-state index contributed by atoms with van der Waals surface area (Å²) in [5.41, 5.74) is 10.0. The largest absolute Gasteiger partial charge is 0.370 e. The fraction of sp³-hybridized carbons (Fsp3) is 0.250. The van der Waals surface area contributed by atoms with Crippen LogP contribution >= 0.6 is 15.9 Å². The summed E-state index contributed by atoms with van der Waals surface area (Å²) in [7, 11) is 0. The van der Waals surface area contributed by atoms with Gasteiger partial charge in [-0.3, -0.25) is 0 Å². The fourth-order valence-corrected chi connectivity index (χ4v) is 0.302. The van der Waals surface area contributed by atoms with E-state index in [1.165, 1.54) is 0 Å². The molecule has 0 radical (unpaired) electrons. The maximum atomic E-state index is 5.01. The summed E-state index contributed by atoms with van der Waals surface area (Å²) in [5.74, 6) is 0.0885. The van der Waals surface area contributed by atoms with E-state index in [1.54, 1.807) is 0 Å². The Balaban J connectivity index is 3.45. The highest BCUT2D eigenvalue weighted by Crippen LogP contribution is 1.98. The van der Waals surface area contributed by atoms with E-state index in [4.69, 9.17) is 11.5 Å². The van der Waals surface area contributed by atoms with Crippen molar-refractivity contribution in [2.45, 2.75) is 0 Å². The van der Waals surface area contributed by atoms with Crippen molar-refractivity contribution in [3.05, 3.63) is 11.1 Å². The first-order valence-corrected chi connectivity index (χ1v) is 2.81. The number of hydrogen-bond acceptors (Lipinski definition) is 1. The average molecular weight is 178 g/mol. The van der Waals surface area contributed by atoms with Crippen LogP contribution in [0.5, 0.6) is 0 Å². The fourth-order valence-electron chi connectivity index (χ4n) is 0.177. The van der Waals surface area contributed by atoms with Gasteiger partial charge in [0.05, 0.1) is 6.54 Å². The van der Waals surface area contributed by atoms with E-state index in [-0.39, 0.29) is 5.96 Å². The van der Waals surface area contributed by atoms with E-state index >= 15 is 0 Å². The Morgan fingerprint density at radius 2 is 2.12 bits per heavy atom. The molecule has 0 amide bonds. The van der Waals surface area contributed by atoms with Gasteiger partial charge in [0, 0.05) is 4.48 Å². The SMILES string of the molecule is C=C(Br)CN=C(N)N. The molecule has 0 spiro atoms. The minimum Gasteiger partial charge on any atom is -0.370 e. The van der Waals surface area contributed by atoms with Crippen LogP contribution in [0.4, 0.5) is 0 Å². The summed E-state index contributed by atoms with van der Waals surface area (Å²) >= 11 is 3.09. The van der Waals surface area contributed by atoms with Crippen molar-refractivity contribution in [3.63, 3.8) is 0 Å². The van der Waals surface area contributed by atoms with Gasteiger partial charge in [-0.05, 0) is 0 Å². The van der Waals surface area contributed by atoms with Crippen LogP contribution in [0.1, 0.15) is 0 Å². The van der Waals surface area contributed by atoms with Gasteiger partial charge >= 0.3 is 0 Å². The standard InChI is InChI=1S/C4H8BrN3/c1-3(5)2-8-4(6)7/h1-2H2,(H4,6,7,8). The van der Waals surface area contributed by atoms with Gasteiger partial charge in [-0.15, -0.1) is 0 Å². The Morgan fingerprint density at radius 1 is 1.62 bits per heavy atom. The monoisotopic (exact) mass is 177 g/mol. The third-order valence-corrected chi connectivity index (χ3v) is 0.684. The maximum absolute atomic E-state index is 5.01. The van der Waals surface area contributed by atoms with Crippen molar-refractivity contribution >= 4 is 21.9 Å². The molecular formula is C4H8BrN3. The molecule has 0 atom stereocenters. The molecule has 0 heterocycles. The molecule has 0 aliphatic rings. The van der Waals surface area contributed by atoms with Crippen molar-refractivity contribution in [1.82, 2.24) is 0 Å². The first-order valence-electron chi connectivity index (χ1n) is 2.01.